The minimum atomic E-state index is -0.224. The van der Waals surface area contributed by atoms with Gasteiger partial charge in [0.1, 0.15) is 5.82 Å². The molecule has 0 radical (unpaired) electrons. The molecule has 1 aliphatic heterocycles. The fourth-order valence-electron chi connectivity index (χ4n) is 2.93. The third-order valence-electron chi connectivity index (χ3n) is 4.31. The molecule has 114 valence electrons. The molecular formula is C18H19FN2O. The van der Waals surface area contributed by atoms with Crippen LogP contribution in [0, 0.1) is 11.7 Å². The van der Waals surface area contributed by atoms with Gasteiger partial charge in [-0.05, 0) is 48.2 Å². The number of nitrogens with zero attached hydrogens (tertiary/aromatic N) is 1. The van der Waals surface area contributed by atoms with Gasteiger partial charge in [-0.25, -0.2) is 4.39 Å². The molecule has 3 rings (SSSR count). The number of rotatable bonds is 3. The Bertz CT molecular complexity index is 644. The van der Waals surface area contributed by atoms with E-state index in [0.717, 1.165) is 42.7 Å². The molecule has 0 saturated carbocycles. The van der Waals surface area contributed by atoms with E-state index in [0.29, 0.717) is 0 Å². The van der Waals surface area contributed by atoms with Gasteiger partial charge in [-0.1, -0.05) is 24.3 Å². The summed E-state index contributed by atoms with van der Waals surface area (Å²) in [4.78, 5) is 13.5. The minimum Gasteiger partial charge on any atom is -0.371 e. The van der Waals surface area contributed by atoms with Crippen molar-refractivity contribution in [1.82, 2.24) is 0 Å². The first-order valence-corrected chi connectivity index (χ1v) is 7.54. The van der Waals surface area contributed by atoms with E-state index < -0.39 is 0 Å². The van der Waals surface area contributed by atoms with Gasteiger partial charge < -0.3 is 10.6 Å². The average molecular weight is 298 g/mol. The maximum absolute atomic E-state index is 13.0. The monoisotopic (exact) mass is 298 g/mol. The van der Waals surface area contributed by atoms with Crippen molar-refractivity contribution >= 4 is 11.6 Å². The molecule has 1 amide bonds. The van der Waals surface area contributed by atoms with Gasteiger partial charge >= 0.3 is 0 Å². The summed E-state index contributed by atoms with van der Waals surface area (Å²) in [6.07, 6.45) is 1.63. The van der Waals surface area contributed by atoms with Crippen molar-refractivity contribution in [3.8, 4) is 11.1 Å². The fraction of sp³-hybridized carbons (Fsp3) is 0.278. The molecule has 0 atom stereocenters. The Hall–Kier alpha value is -2.36. The third-order valence-corrected chi connectivity index (χ3v) is 4.31. The number of carbonyl (C=O) groups excluding carboxylic acids is 1. The summed E-state index contributed by atoms with van der Waals surface area (Å²) in [5, 5.41) is 0. The van der Waals surface area contributed by atoms with Crippen LogP contribution in [0.2, 0.25) is 0 Å². The van der Waals surface area contributed by atoms with Crippen molar-refractivity contribution in [2.24, 2.45) is 11.7 Å². The summed E-state index contributed by atoms with van der Waals surface area (Å²) < 4.78 is 13.0. The lowest BCUT2D eigenvalue weighted by Crippen LogP contribution is -2.38. The van der Waals surface area contributed by atoms with Crippen molar-refractivity contribution in [3.05, 3.63) is 54.3 Å². The highest BCUT2D eigenvalue weighted by atomic mass is 19.1. The van der Waals surface area contributed by atoms with Crippen LogP contribution in [0.3, 0.4) is 0 Å². The van der Waals surface area contributed by atoms with Gasteiger partial charge in [-0.3, -0.25) is 4.79 Å². The first-order valence-electron chi connectivity index (χ1n) is 7.54. The molecule has 1 fully saturated rings. The lowest BCUT2D eigenvalue weighted by molar-refractivity contribution is -0.122. The third kappa shape index (κ3) is 3.11. The first-order chi connectivity index (χ1) is 10.6. The summed E-state index contributed by atoms with van der Waals surface area (Å²) in [6.45, 7) is 1.70. The van der Waals surface area contributed by atoms with E-state index in [1.54, 1.807) is 12.1 Å². The second-order valence-electron chi connectivity index (χ2n) is 5.72. The van der Waals surface area contributed by atoms with Gasteiger partial charge in [-0.2, -0.15) is 0 Å². The zero-order chi connectivity index (χ0) is 15.5. The fourth-order valence-corrected chi connectivity index (χ4v) is 2.93. The Labute approximate surface area is 129 Å². The van der Waals surface area contributed by atoms with E-state index in [-0.39, 0.29) is 17.6 Å². The molecular weight excluding hydrogens is 279 g/mol. The molecule has 1 heterocycles. The van der Waals surface area contributed by atoms with Crippen molar-refractivity contribution in [1.29, 1.82) is 0 Å². The van der Waals surface area contributed by atoms with Gasteiger partial charge in [0.05, 0.1) is 0 Å². The number of hydrogen-bond donors (Lipinski definition) is 1. The summed E-state index contributed by atoms with van der Waals surface area (Å²) in [6, 6.07) is 14.7. The Balaban J connectivity index is 1.70. The van der Waals surface area contributed by atoms with E-state index in [9.17, 15) is 9.18 Å². The number of benzene rings is 2. The molecule has 22 heavy (non-hydrogen) atoms. The van der Waals surface area contributed by atoms with Crippen LogP contribution in [-0.4, -0.2) is 19.0 Å². The first kappa shape index (κ1) is 14.6. The molecule has 1 saturated heterocycles. The van der Waals surface area contributed by atoms with E-state index >= 15 is 0 Å². The molecule has 0 bridgehead atoms. The summed E-state index contributed by atoms with van der Waals surface area (Å²) in [5.41, 5.74) is 8.57. The number of amides is 1. The van der Waals surface area contributed by atoms with Crippen LogP contribution >= 0.6 is 0 Å². The lowest BCUT2D eigenvalue weighted by atomic mass is 9.95. The van der Waals surface area contributed by atoms with Crippen molar-refractivity contribution in [2.45, 2.75) is 12.8 Å². The highest BCUT2D eigenvalue weighted by molar-refractivity contribution is 5.77. The van der Waals surface area contributed by atoms with E-state index in [1.807, 2.05) is 12.1 Å². The quantitative estimate of drug-likeness (QED) is 0.946. The SMILES string of the molecule is NC(=O)C1CCN(c2ccc(-c3ccc(F)cc3)cc2)CC1. The molecule has 0 unspecified atom stereocenters. The van der Waals surface area contributed by atoms with Crippen LogP contribution in [0.1, 0.15) is 12.8 Å². The zero-order valence-corrected chi connectivity index (χ0v) is 12.3. The van der Waals surface area contributed by atoms with Gasteiger partial charge in [0.2, 0.25) is 5.91 Å². The normalized spacial score (nSPS) is 15.8. The van der Waals surface area contributed by atoms with Crippen LogP contribution in [0.15, 0.2) is 48.5 Å². The summed E-state index contributed by atoms with van der Waals surface area (Å²) in [5.74, 6) is -0.404. The number of piperidine rings is 1. The van der Waals surface area contributed by atoms with Crippen molar-refractivity contribution < 1.29 is 9.18 Å². The second kappa shape index (κ2) is 6.18. The molecule has 2 aromatic carbocycles. The predicted octanol–water partition coefficient (Wildman–Crippen LogP) is 3.19. The predicted molar refractivity (Wildman–Crippen MR) is 86.0 cm³/mol. The summed E-state index contributed by atoms with van der Waals surface area (Å²) in [7, 11) is 0. The standard InChI is InChI=1S/C18H19FN2O/c19-16-5-1-13(2-6-16)14-3-7-17(8-4-14)21-11-9-15(10-12-21)18(20)22/h1-8,15H,9-12H2,(H2,20,22). The smallest absolute Gasteiger partial charge is 0.220 e. The van der Waals surface area contributed by atoms with Crippen LogP contribution in [0.25, 0.3) is 11.1 Å². The number of halogens is 1. The summed E-state index contributed by atoms with van der Waals surface area (Å²) >= 11 is 0. The van der Waals surface area contributed by atoms with Gasteiger partial charge in [-0.15, -0.1) is 0 Å². The van der Waals surface area contributed by atoms with Crippen LogP contribution in [0.4, 0.5) is 10.1 Å². The Kier molecular flexibility index (Phi) is 4.09. The maximum Gasteiger partial charge on any atom is 0.220 e. The largest absolute Gasteiger partial charge is 0.371 e. The minimum absolute atomic E-state index is 0.00902. The van der Waals surface area contributed by atoms with Crippen LogP contribution in [0.5, 0.6) is 0 Å². The topological polar surface area (TPSA) is 46.3 Å². The molecule has 2 N–H and O–H groups in total. The molecule has 0 spiro atoms. The Morgan fingerprint density at radius 3 is 1.95 bits per heavy atom. The number of anilines is 1. The van der Waals surface area contributed by atoms with Gasteiger partial charge in [0, 0.05) is 24.7 Å². The van der Waals surface area contributed by atoms with Gasteiger partial charge in [0.25, 0.3) is 0 Å². The molecule has 0 aromatic heterocycles. The van der Waals surface area contributed by atoms with Crippen molar-refractivity contribution in [2.75, 3.05) is 18.0 Å². The maximum atomic E-state index is 13.0. The average Bonchev–Trinajstić information content (AvgIpc) is 2.56. The van der Waals surface area contributed by atoms with E-state index in [2.05, 4.69) is 17.0 Å². The lowest BCUT2D eigenvalue weighted by Gasteiger charge is -2.32. The molecule has 0 aliphatic carbocycles. The van der Waals surface area contributed by atoms with Gasteiger partial charge in [0.15, 0.2) is 0 Å². The Morgan fingerprint density at radius 2 is 1.45 bits per heavy atom. The van der Waals surface area contributed by atoms with Crippen molar-refractivity contribution in [3.63, 3.8) is 0 Å². The number of hydrogen-bond acceptors (Lipinski definition) is 2. The van der Waals surface area contributed by atoms with E-state index in [4.69, 9.17) is 5.73 Å². The highest BCUT2D eigenvalue weighted by Gasteiger charge is 2.23. The van der Waals surface area contributed by atoms with Crippen LogP contribution < -0.4 is 10.6 Å². The zero-order valence-electron chi connectivity index (χ0n) is 12.3. The Morgan fingerprint density at radius 1 is 0.955 bits per heavy atom. The second-order valence-corrected chi connectivity index (χ2v) is 5.72. The highest BCUT2D eigenvalue weighted by Crippen LogP contribution is 2.26. The number of carbonyl (C=O) groups is 1. The number of nitrogens with two attached hydrogens (primary N) is 1. The van der Waals surface area contributed by atoms with Crippen LogP contribution in [-0.2, 0) is 4.79 Å². The molecule has 4 heteroatoms. The van der Waals surface area contributed by atoms with E-state index in [1.165, 1.54) is 12.1 Å². The molecule has 2 aromatic rings. The molecule has 3 nitrogen and oxygen atoms in total. The molecule has 1 aliphatic rings. The number of primary amides is 1.